The van der Waals surface area contributed by atoms with Crippen molar-refractivity contribution in [1.29, 1.82) is 0 Å². The molecule has 3 saturated heterocycles. The molecule has 3 aliphatic heterocycles. The summed E-state index contributed by atoms with van der Waals surface area (Å²) in [6.07, 6.45) is 2.35. The lowest BCUT2D eigenvalue weighted by Crippen LogP contribution is -2.62. The zero-order valence-corrected chi connectivity index (χ0v) is 14.2. The van der Waals surface area contributed by atoms with Crippen LogP contribution in [0.5, 0.6) is 5.75 Å². The maximum Gasteiger partial charge on any atom is 0.270 e. The van der Waals surface area contributed by atoms with Crippen molar-refractivity contribution < 1.29 is 9.53 Å². The number of aromatic nitrogens is 1. The Kier molecular flexibility index (Phi) is 3.73. The second kappa shape index (κ2) is 5.76. The van der Waals surface area contributed by atoms with Crippen molar-refractivity contribution in [2.24, 2.45) is 5.92 Å². The molecule has 0 aliphatic carbocycles. The van der Waals surface area contributed by atoms with E-state index in [-0.39, 0.29) is 11.9 Å². The van der Waals surface area contributed by atoms with Gasteiger partial charge in [-0.1, -0.05) is 0 Å². The zero-order chi connectivity index (χ0) is 16.0. The molecule has 2 bridgehead atoms. The van der Waals surface area contributed by atoms with Crippen molar-refractivity contribution in [3.8, 4) is 5.75 Å². The highest BCUT2D eigenvalue weighted by atomic mass is 32.1. The molecule has 3 aliphatic rings. The highest BCUT2D eigenvalue weighted by Crippen LogP contribution is 2.33. The van der Waals surface area contributed by atoms with Crippen molar-refractivity contribution in [2.45, 2.75) is 31.8 Å². The average Bonchev–Trinajstić information content (AvgIpc) is 3.06. The van der Waals surface area contributed by atoms with Crippen molar-refractivity contribution in [1.82, 2.24) is 15.2 Å². The van der Waals surface area contributed by atoms with E-state index < -0.39 is 0 Å². The summed E-state index contributed by atoms with van der Waals surface area (Å²) in [7, 11) is 1.63. The number of hydrogen-bond acceptors (Lipinski definition) is 5. The average molecular weight is 331 g/mol. The Labute approximate surface area is 139 Å². The fraction of sp³-hybridized carbons (Fsp3) is 0.529. The summed E-state index contributed by atoms with van der Waals surface area (Å²) in [6, 6.07) is 4.30. The molecule has 6 heteroatoms. The number of carbonyl (C=O) groups is 1. The Morgan fingerprint density at radius 2 is 2.22 bits per heavy atom. The number of rotatable bonds is 3. The smallest absolute Gasteiger partial charge is 0.270 e. The molecule has 1 amide bonds. The second-order valence-electron chi connectivity index (χ2n) is 6.46. The van der Waals surface area contributed by atoms with Gasteiger partial charge in [-0.3, -0.25) is 9.69 Å². The topological polar surface area (TPSA) is 54.5 Å². The molecule has 3 fully saturated rings. The first-order chi connectivity index (χ1) is 11.2. The van der Waals surface area contributed by atoms with Crippen molar-refractivity contribution >= 4 is 27.5 Å². The summed E-state index contributed by atoms with van der Waals surface area (Å²) >= 11 is 1.58. The number of thiophene rings is 1. The maximum absolute atomic E-state index is 12.7. The quantitative estimate of drug-likeness (QED) is 0.939. The lowest BCUT2D eigenvalue weighted by atomic mass is 9.79. The monoisotopic (exact) mass is 331 g/mol. The number of pyridine rings is 1. The van der Waals surface area contributed by atoms with Crippen LogP contribution in [-0.4, -0.2) is 48.1 Å². The van der Waals surface area contributed by atoms with Gasteiger partial charge in [0.15, 0.2) is 0 Å². The number of ether oxygens (including phenoxy) is 1. The molecule has 2 atom stereocenters. The van der Waals surface area contributed by atoms with Crippen LogP contribution < -0.4 is 10.1 Å². The van der Waals surface area contributed by atoms with Crippen molar-refractivity contribution in [3.63, 3.8) is 0 Å². The number of nitrogens with one attached hydrogen (secondary N) is 1. The van der Waals surface area contributed by atoms with E-state index in [4.69, 9.17) is 4.74 Å². The number of hydrogen-bond donors (Lipinski definition) is 1. The van der Waals surface area contributed by atoms with Crippen LogP contribution in [0.3, 0.4) is 0 Å². The molecule has 0 spiro atoms. The molecular formula is C17H21N3O2S. The van der Waals surface area contributed by atoms with E-state index in [2.05, 4.69) is 22.1 Å². The Hall–Kier alpha value is -1.66. The van der Waals surface area contributed by atoms with Gasteiger partial charge in [-0.05, 0) is 50.2 Å². The number of piperidine rings is 3. The number of fused-ring (bicyclic) bond motifs is 4. The Morgan fingerprint density at radius 3 is 2.91 bits per heavy atom. The first-order valence-corrected chi connectivity index (χ1v) is 9.02. The SMILES string of the molecule is COc1cc(C(=O)NC2C3CCN(CC3)C2C)nc2ccsc12. The van der Waals surface area contributed by atoms with Gasteiger partial charge < -0.3 is 10.1 Å². The molecule has 5 nitrogen and oxygen atoms in total. The standard InChI is InChI=1S/C17H21N3O2S/c1-10-15(11-3-6-20(10)7-4-11)19-17(21)13-9-14(22-2)16-12(18-13)5-8-23-16/h5,8-11,15H,3-4,6-7H2,1-2H3,(H,19,21). The molecule has 0 radical (unpaired) electrons. The fourth-order valence-corrected chi connectivity index (χ4v) is 4.79. The van der Waals surface area contributed by atoms with E-state index in [1.165, 1.54) is 12.8 Å². The molecule has 1 N–H and O–H groups in total. The van der Waals surface area contributed by atoms with Crippen LogP contribution in [-0.2, 0) is 0 Å². The van der Waals surface area contributed by atoms with E-state index in [1.807, 2.05) is 11.4 Å². The Morgan fingerprint density at radius 1 is 1.43 bits per heavy atom. The predicted octanol–water partition coefficient (Wildman–Crippen LogP) is 2.52. The van der Waals surface area contributed by atoms with Crippen LogP contribution in [0, 0.1) is 5.92 Å². The summed E-state index contributed by atoms with van der Waals surface area (Å²) in [5.41, 5.74) is 1.26. The Balaban J connectivity index is 1.59. The van der Waals surface area contributed by atoms with E-state index in [0.29, 0.717) is 17.7 Å². The van der Waals surface area contributed by atoms with Gasteiger partial charge in [-0.25, -0.2) is 4.98 Å². The number of nitrogens with zero attached hydrogens (tertiary/aromatic N) is 2. The van der Waals surface area contributed by atoms with E-state index in [1.54, 1.807) is 24.5 Å². The summed E-state index contributed by atoms with van der Waals surface area (Å²) < 4.78 is 6.41. The molecule has 2 unspecified atom stereocenters. The molecule has 2 aromatic heterocycles. The minimum atomic E-state index is -0.0954. The predicted molar refractivity (Wildman–Crippen MR) is 91.2 cm³/mol. The molecule has 23 heavy (non-hydrogen) atoms. The van der Waals surface area contributed by atoms with Crippen LogP contribution in [0.15, 0.2) is 17.5 Å². The molecule has 122 valence electrons. The molecule has 5 rings (SSSR count). The Bertz CT molecular complexity index is 735. The van der Waals surface area contributed by atoms with Gasteiger partial charge in [0.2, 0.25) is 0 Å². The lowest BCUT2D eigenvalue weighted by Gasteiger charge is -2.49. The third-order valence-electron chi connectivity index (χ3n) is 5.31. The summed E-state index contributed by atoms with van der Waals surface area (Å²) in [6.45, 7) is 4.53. The maximum atomic E-state index is 12.7. The minimum absolute atomic E-state index is 0.0954. The van der Waals surface area contributed by atoms with Gasteiger partial charge in [0.1, 0.15) is 11.4 Å². The van der Waals surface area contributed by atoms with Gasteiger partial charge in [-0.2, -0.15) is 0 Å². The van der Waals surface area contributed by atoms with Gasteiger partial charge in [-0.15, -0.1) is 11.3 Å². The van der Waals surface area contributed by atoms with Gasteiger partial charge in [0.05, 0.1) is 17.3 Å². The van der Waals surface area contributed by atoms with Crippen LogP contribution >= 0.6 is 11.3 Å². The van der Waals surface area contributed by atoms with Crippen LogP contribution in [0.1, 0.15) is 30.3 Å². The number of amides is 1. The first kappa shape index (κ1) is 14.9. The van der Waals surface area contributed by atoms with Crippen LogP contribution in [0.2, 0.25) is 0 Å². The van der Waals surface area contributed by atoms with Gasteiger partial charge in [0, 0.05) is 18.2 Å². The van der Waals surface area contributed by atoms with Gasteiger partial charge >= 0.3 is 0 Å². The van der Waals surface area contributed by atoms with Crippen molar-refractivity contribution in [2.75, 3.05) is 20.2 Å². The molecular weight excluding hydrogens is 310 g/mol. The first-order valence-electron chi connectivity index (χ1n) is 8.14. The van der Waals surface area contributed by atoms with E-state index in [9.17, 15) is 4.79 Å². The second-order valence-corrected chi connectivity index (χ2v) is 7.37. The summed E-state index contributed by atoms with van der Waals surface area (Å²) in [4.78, 5) is 19.7. The molecule has 0 saturated carbocycles. The van der Waals surface area contributed by atoms with Crippen molar-refractivity contribution in [3.05, 3.63) is 23.2 Å². The normalized spacial score (nSPS) is 29.7. The molecule has 2 aromatic rings. The largest absolute Gasteiger partial charge is 0.495 e. The molecule has 0 aromatic carbocycles. The van der Waals surface area contributed by atoms with Crippen LogP contribution in [0.4, 0.5) is 0 Å². The summed E-state index contributed by atoms with van der Waals surface area (Å²) in [5.74, 6) is 1.21. The highest BCUT2D eigenvalue weighted by molar-refractivity contribution is 7.17. The summed E-state index contributed by atoms with van der Waals surface area (Å²) in [5, 5.41) is 5.20. The number of methoxy groups -OCH3 is 1. The third kappa shape index (κ3) is 2.50. The highest BCUT2D eigenvalue weighted by Gasteiger charge is 2.40. The number of carbonyl (C=O) groups excluding carboxylic acids is 1. The van der Waals surface area contributed by atoms with Gasteiger partial charge in [0.25, 0.3) is 5.91 Å². The lowest BCUT2D eigenvalue weighted by molar-refractivity contribution is 0.0216. The third-order valence-corrected chi connectivity index (χ3v) is 6.22. The van der Waals surface area contributed by atoms with E-state index in [0.717, 1.165) is 29.1 Å². The fourth-order valence-electron chi connectivity index (χ4n) is 3.97. The van der Waals surface area contributed by atoms with E-state index >= 15 is 0 Å². The molecule has 5 heterocycles. The van der Waals surface area contributed by atoms with Crippen LogP contribution in [0.25, 0.3) is 10.2 Å². The minimum Gasteiger partial charge on any atom is -0.495 e. The zero-order valence-electron chi connectivity index (χ0n) is 13.4.